The molecular formula is C18H32N4Sn. The third-order valence-electron chi connectivity index (χ3n) is 4.95. The molecule has 23 heavy (non-hydrogen) atoms. The predicted octanol–water partition coefficient (Wildman–Crippen LogP) is 4.37. The number of anilines is 1. The summed E-state index contributed by atoms with van der Waals surface area (Å²) < 4.78 is 7.90. The van der Waals surface area contributed by atoms with Crippen LogP contribution in [0.4, 0.5) is 5.95 Å². The van der Waals surface area contributed by atoms with Gasteiger partial charge in [0.2, 0.25) is 0 Å². The molecule has 0 spiro atoms. The zero-order chi connectivity index (χ0) is 16.7. The van der Waals surface area contributed by atoms with Crippen molar-refractivity contribution in [3.05, 3.63) is 18.2 Å². The SMILES string of the molecule is CCC[CH2][Sn]([CH2]CCC)([CH2]CCC)[c]1cccc2nc(N)nn12. The summed E-state index contributed by atoms with van der Waals surface area (Å²) in [6, 6.07) is 6.52. The Bertz CT molecular complexity index is 586. The van der Waals surface area contributed by atoms with Gasteiger partial charge in [-0.15, -0.1) is 0 Å². The van der Waals surface area contributed by atoms with E-state index in [0.29, 0.717) is 5.95 Å². The summed E-state index contributed by atoms with van der Waals surface area (Å²) in [5.41, 5.74) is 6.81. The van der Waals surface area contributed by atoms with Crippen LogP contribution in [0.25, 0.3) is 5.65 Å². The van der Waals surface area contributed by atoms with E-state index < -0.39 is 18.4 Å². The van der Waals surface area contributed by atoms with Crippen molar-refractivity contribution in [3.8, 4) is 0 Å². The van der Waals surface area contributed by atoms with E-state index in [-0.39, 0.29) is 0 Å². The van der Waals surface area contributed by atoms with Crippen molar-refractivity contribution < 1.29 is 0 Å². The standard InChI is InChI=1S/C6H5N4.3C4H9.Sn/c7-6-8-5-3-1-2-4-10(5)9-6;3*1-3-4-2;/h1-3H,(H2,7,9);3*1,3-4H2,2H3;. The molecule has 128 valence electrons. The first-order chi connectivity index (χ1) is 11.2. The normalized spacial score (nSPS) is 12.1. The molecular weight excluding hydrogens is 391 g/mol. The van der Waals surface area contributed by atoms with Crippen LogP contribution >= 0.6 is 0 Å². The number of nitrogen functional groups attached to an aromatic ring is 1. The maximum atomic E-state index is 5.88. The van der Waals surface area contributed by atoms with E-state index >= 15 is 0 Å². The molecule has 2 heterocycles. The molecule has 0 aliphatic carbocycles. The average Bonchev–Trinajstić information content (AvgIpc) is 2.95. The van der Waals surface area contributed by atoms with Crippen LogP contribution in [-0.4, -0.2) is 33.0 Å². The molecule has 0 radical (unpaired) electrons. The zero-order valence-electron chi connectivity index (χ0n) is 15.0. The van der Waals surface area contributed by atoms with Crippen LogP contribution in [0, 0.1) is 0 Å². The first kappa shape index (κ1) is 18.6. The van der Waals surface area contributed by atoms with Crippen LogP contribution < -0.4 is 9.44 Å². The van der Waals surface area contributed by atoms with Crippen molar-refractivity contribution in [3.63, 3.8) is 0 Å². The van der Waals surface area contributed by atoms with Crippen LogP contribution in [0.2, 0.25) is 13.3 Å². The number of rotatable bonds is 10. The van der Waals surface area contributed by atoms with Crippen LogP contribution in [-0.2, 0) is 0 Å². The third-order valence-corrected chi connectivity index (χ3v) is 20.4. The number of unbranched alkanes of at least 4 members (excludes halogenated alkanes) is 3. The summed E-state index contributed by atoms with van der Waals surface area (Å²) in [6.45, 7) is 6.93. The molecule has 0 aliphatic heterocycles. The number of nitrogens with two attached hydrogens (primary N) is 1. The van der Waals surface area contributed by atoms with E-state index in [2.05, 4.69) is 47.5 Å². The topological polar surface area (TPSA) is 56.2 Å². The molecule has 0 aromatic carbocycles. The minimum atomic E-state index is -2.49. The van der Waals surface area contributed by atoms with Gasteiger partial charge in [-0.25, -0.2) is 0 Å². The maximum absolute atomic E-state index is 5.88. The summed E-state index contributed by atoms with van der Waals surface area (Å²) in [4.78, 5) is 4.39. The van der Waals surface area contributed by atoms with Gasteiger partial charge < -0.3 is 0 Å². The van der Waals surface area contributed by atoms with Crippen molar-refractivity contribution in [1.29, 1.82) is 0 Å². The fourth-order valence-corrected chi connectivity index (χ4v) is 19.8. The van der Waals surface area contributed by atoms with Gasteiger partial charge in [0, 0.05) is 0 Å². The van der Waals surface area contributed by atoms with Crippen molar-refractivity contribution in [2.45, 2.75) is 72.6 Å². The van der Waals surface area contributed by atoms with E-state index in [4.69, 9.17) is 5.73 Å². The Balaban J connectivity index is 2.50. The Kier molecular flexibility index (Phi) is 7.18. The summed E-state index contributed by atoms with van der Waals surface area (Å²) in [5, 5.41) is 4.54. The van der Waals surface area contributed by atoms with Crippen molar-refractivity contribution in [2.24, 2.45) is 0 Å². The van der Waals surface area contributed by atoms with Gasteiger partial charge in [0.1, 0.15) is 0 Å². The Morgan fingerprint density at radius 2 is 1.52 bits per heavy atom. The number of hydrogen-bond donors (Lipinski definition) is 1. The van der Waals surface area contributed by atoms with E-state index in [0.717, 1.165) is 5.65 Å². The molecule has 4 nitrogen and oxygen atoms in total. The monoisotopic (exact) mass is 424 g/mol. The molecule has 0 aliphatic rings. The molecule has 0 fully saturated rings. The molecule has 0 saturated carbocycles. The van der Waals surface area contributed by atoms with Crippen LogP contribution in [0.15, 0.2) is 18.2 Å². The number of aromatic nitrogens is 3. The number of pyridine rings is 1. The summed E-state index contributed by atoms with van der Waals surface area (Å²) in [5.74, 6) is 0.402. The minimum absolute atomic E-state index is 0.402. The molecule has 0 bridgehead atoms. The molecule has 2 aromatic heterocycles. The van der Waals surface area contributed by atoms with E-state index in [9.17, 15) is 0 Å². The number of nitrogens with zero attached hydrogens (tertiary/aromatic N) is 3. The quantitative estimate of drug-likeness (QED) is 0.578. The van der Waals surface area contributed by atoms with Gasteiger partial charge in [0.15, 0.2) is 0 Å². The Morgan fingerprint density at radius 3 is 2.04 bits per heavy atom. The number of hydrogen-bond acceptors (Lipinski definition) is 3. The zero-order valence-corrected chi connectivity index (χ0v) is 17.9. The summed E-state index contributed by atoms with van der Waals surface area (Å²) in [6.07, 6.45) is 7.91. The van der Waals surface area contributed by atoms with Crippen molar-refractivity contribution >= 4 is 33.7 Å². The van der Waals surface area contributed by atoms with Crippen LogP contribution in [0.1, 0.15) is 59.3 Å². The molecule has 0 amide bonds. The van der Waals surface area contributed by atoms with Gasteiger partial charge in [-0.2, -0.15) is 0 Å². The molecule has 5 heteroatoms. The van der Waals surface area contributed by atoms with E-state index in [1.165, 1.54) is 55.5 Å². The average molecular weight is 423 g/mol. The second-order valence-corrected chi connectivity index (χ2v) is 19.8. The Labute approximate surface area is 144 Å². The summed E-state index contributed by atoms with van der Waals surface area (Å²) in [7, 11) is 0. The molecule has 0 atom stereocenters. The van der Waals surface area contributed by atoms with Gasteiger partial charge in [-0.1, -0.05) is 0 Å². The van der Waals surface area contributed by atoms with Gasteiger partial charge in [0.05, 0.1) is 0 Å². The molecule has 2 N–H and O–H groups in total. The molecule has 2 rings (SSSR count). The molecule has 0 saturated heterocycles. The van der Waals surface area contributed by atoms with Crippen LogP contribution in [0.3, 0.4) is 0 Å². The van der Waals surface area contributed by atoms with Gasteiger partial charge in [-0.3, -0.25) is 0 Å². The Hall–Kier alpha value is -0.781. The first-order valence-electron chi connectivity index (χ1n) is 9.28. The first-order valence-corrected chi connectivity index (χ1v) is 16.8. The van der Waals surface area contributed by atoms with Gasteiger partial charge in [-0.05, 0) is 0 Å². The van der Waals surface area contributed by atoms with E-state index in [1.54, 1.807) is 0 Å². The fourth-order valence-electron chi connectivity index (χ4n) is 3.63. The van der Waals surface area contributed by atoms with Crippen LogP contribution in [0.5, 0.6) is 0 Å². The van der Waals surface area contributed by atoms with E-state index in [1.807, 2.05) is 6.07 Å². The predicted molar refractivity (Wildman–Crippen MR) is 102 cm³/mol. The van der Waals surface area contributed by atoms with Gasteiger partial charge in [0.25, 0.3) is 0 Å². The van der Waals surface area contributed by atoms with Gasteiger partial charge >= 0.3 is 145 Å². The number of fused-ring (bicyclic) bond motifs is 1. The fraction of sp³-hybridized carbons (Fsp3) is 0.667. The molecule has 0 unspecified atom stereocenters. The third kappa shape index (κ3) is 4.40. The Morgan fingerprint density at radius 1 is 0.957 bits per heavy atom. The second kappa shape index (κ2) is 8.90. The summed E-state index contributed by atoms with van der Waals surface area (Å²) >= 11 is -2.49. The van der Waals surface area contributed by atoms with Crippen molar-refractivity contribution in [2.75, 3.05) is 5.73 Å². The molecule has 2 aromatic rings. The van der Waals surface area contributed by atoms with Crippen molar-refractivity contribution in [1.82, 2.24) is 14.6 Å². The second-order valence-electron chi connectivity index (χ2n) is 6.74.